The number of rotatable bonds is 6. The Kier molecular flexibility index (Phi) is 4.41. The second-order valence-electron chi connectivity index (χ2n) is 5.74. The zero-order valence-electron chi connectivity index (χ0n) is 12.7. The van der Waals surface area contributed by atoms with Crippen molar-refractivity contribution >= 4 is 28.6 Å². The van der Waals surface area contributed by atoms with Crippen molar-refractivity contribution in [2.75, 3.05) is 18.4 Å². The van der Waals surface area contributed by atoms with Gasteiger partial charge in [0.2, 0.25) is 5.91 Å². The summed E-state index contributed by atoms with van der Waals surface area (Å²) in [5.74, 6) is -1.20. The number of aromatic nitrogens is 1. The number of carbonyl (C=O) groups is 2. The number of anilines is 1. The molecule has 0 unspecified atom stereocenters. The lowest BCUT2D eigenvalue weighted by molar-refractivity contribution is -0.152. The molecule has 2 aromatic rings. The lowest BCUT2D eigenvalue weighted by atomic mass is 9.73. The van der Waals surface area contributed by atoms with Crippen molar-refractivity contribution in [2.24, 2.45) is 11.8 Å². The summed E-state index contributed by atoms with van der Waals surface area (Å²) in [5.41, 5.74) is 0.917. The molecule has 0 radical (unpaired) electrons. The highest BCUT2D eigenvalue weighted by Gasteiger charge is 2.41. The van der Waals surface area contributed by atoms with Crippen LogP contribution in [0.25, 0.3) is 10.9 Å². The summed E-state index contributed by atoms with van der Waals surface area (Å²) in [6, 6.07) is 11.8. The predicted molar refractivity (Wildman–Crippen MR) is 87.1 cm³/mol. The Hall–Kier alpha value is -2.63. The van der Waals surface area contributed by atoms with Gasteiger partial charge in [0.05, 0.1) is 17.4 Å². The molecule has 1 aliphatic carbocycles. The van der Waals surface area contributed by atoms with Gasteiger partial charge in [0.15, 0.2) is 0 Å². The van der Waals surface area contributed by atoms with Gasteiger partial charge in [-0.2, -0.15) is 0 Å². The van der Waals surface area contributed by atoms with E-state index in [0.717, 1.165) is 16.7 Å². The standard InChI is InChI=1S/C17H19N3O3/c21-16(12-6-7-13(12)17(22)23)19-10-9-18-15-8-5-11-3-1-2-4-14(11)20-15/h1-5,8,12-13H,6-7,9-10H2,(H,18,20)(H,19,21)(H,22,23)/t12-,13+/m0/s1. The van der Waals surface area contributed by atoms with E-state index in [2.05, 4.69) is 15.6 Å². The fraction of sp³-hybridized carbons (Fsp3) is 0.353. The third-order valence-electron chi connectivity index (χ3n) is 4.26. The minimum absolute atomic E-state index is 0.170. The summed E-state index contributed by atoms with van der Waals surface area (Å²) in [5, 5.41) is 16.0. The normalized spacial score (nSPS) is 19.8. The topological polar surface area (TPSA) is 91.3 Å². The molecule has 6 nitrogen and oxygen atoms in total. The zero-order chi connectivity index (χ0) is 16.2. The molecule has 120 valence electrons. The number of nitrogens with zero attached hydrogens (tertiary/aromatic N) is 1. The lowest BCUT2D eigenvalue weighted by Gasteiger charge is -2.31. The highest BCUT2D eigenvalue weighted by Crippen LogP contribution is 2.34. The van der Waals surface area contributed by atoms with Crippen LogP contribution >= 0.6 is 0 Å². The fourth-order valence-corrected chi connectivity index (χ4v) is 2.78. The first-order valence-electron chi connectivity index (χ1n) is 7.75. The van der Waals surface area contributed by atoms with E-state index in [0.29, 0.717) is 25.9 Å². The molecule has 6 heteroatoms. The molecule has 1 fully saturated rings. The third kappa shape index (κ3) is 3.41. The van der Waals surface area contributed by atoms with E-state index < -0.39 is 11.9 Å². The Morgan fingerprint density at radius 3 is 2.61 bits per heavy atom. The molecule has 1 aromatic heterocycles. The number of fused-ring (bicyclic) bond motifs is 1. The number of para-hydroxylation sites is 1. The smallest absolute Gasteiger partial charge is 0.307 e. The highest BCUT2D eigenvalue weighted by atomic mass is 16.4. The van der Waals surface area contributed by atoms with E-state index in [1.165, 1.54) is 0 Å². The lowest BCUT2D eigenvalue weighted by Crippen LogP contribution is -2.45. The van der Waals surface area contributed by atoms with Crippen LogP contribution in [0.3, 0.4) is 0 Å². The maximum absolute atomic E-state index is 11.9. The van der Waals surface area contributed by atoms with E-state index in [-0.39, 0.29) is 11.8 Å². The van der Waals surface area contributed by atoms with Crippen LogP contribution < -0.4 is 10.6 Å². The second kappa shape index (κ2) is 6.64. The Morgan fingerprint density at radius 2 is 1.87 bits per heavy atom. The van der Waals surface area contributed by atoms with Crippen molar-refractivity contribution in [2.45, 2.75) is 12.8 Å². The molecule has 3 N–H and O–H groups in total. The molecule has 1 aromatic carbocycles. The summed E-state index contributed by atoms with van der Waals surface area (Å²) in [4.78, 5) is 27.3. The summed E-state index contributed by atoms with van der Waals surface area (Å²) in [6.07, 6.45) is 1.25. The summed E-state index contributed by atoms with van der Waals surface area (Å²) in [7, 11) is 0. The van der Waals surface area contributed by atoms with Crippen molar-refractivity contribution in [1.82, 2.24) is 10.3 Å². The number of benzene rings is 1. The number of hydrogen-bond donors (Lipinski definition) is 3. The van der Waals surface area contributed by atoms with Crippen LogP contribution in [0.4, 0.5) is 5.82 Å². The van der Waals surface area contributed by atoms with Gasteiger partial charge in [0, 0.05) is 18.5 Å². The Bertz CT molecular complexity index is 732. The van der Waals surface area contributed by atoms with Gasteiger partial charge in [0.25, 0.3) is 0 Å². The molecule has 0 aliphatic heterocycles. The Balaban J connectivity index is 1.45. The Labute approximate surface area is 133 Å². The van der Waals surface area contributed by atoms with Crippen molar-refractivity contribution in [1.29, 1.82) is 0 Å². The van der Waals surface area contributed by atoms with Gasteiger partial charge in [-0.05, 0) is 31.0 Å². The molecule has 0 saturated heterocycles. The molecule has 1 saturated carbocycles. The van der Waals surface area contributed by atoms with Crippen LogP contribution in [0.15, 0.2) is 36.4 Å². The number of pyridine rings is 1. The monoisotopic (exact) mass is 313 g/mol. The molecule has 1 aliphatic rings. The zero-order valence-corrected chi connectivity index (χ0v) is 12.7. The van der Waals surface area contributed by atoms with Crippen LogP contribution in [0.5, 0.6) is 0 Å². The quantitative estimate of drug-likeness (QED) is 0.708. The van der Waals surface area contributed by atoms with E-state index in [4.69, 9.17) is 5.11 Å². The largest absolute Gasteiger partial charge is 0.481 e. The van der Waals surface area contributed by atoms with Crippen molar-refractivity contribution in [3.63, 3.8) is 0 Å². The predicted octanol–water partition coefficient (Wildman–Crippen LogP) is 1.87. The van der Waals surface area contributed by atoms with Gasteiger partial charge in [-0.3, -0.25) is 9.59 Å². The number of carboxylic acids is 1. The van der Waals surface area contributed by atoms with Gasteiger partial charge in [-0.15, -0.1) is 0 Å². The maximum atomic E-state index is 11.9. The molecule has 0 spiro atoms. The minimum Gasteiger partial charge on any atom is -0.481 e. The first kappa shape index (κ1) is 15.3. The van der Waals surface area contributed by atoms with Gasteiger partial charge < -0.3 is 15.7 Å². The van der Waals surface area contributed by atoms with Crippen LogP contribution in [0.2, 0.25) is 0 Å². The third-order valence-corrected chi connectivity index (χ3v) is 4.26. The average Bonchev–Trinajstić information content (AvgIpc) is 2.49. The van der Waals surface area contributed by atoms with E-state index in [1.54, 1.807) is 0 Å². The average molecular weight is 313 g/mol. The molecule has 3 rings (SSSR count). The molecular formula is C17H19N3O3. The van der Waals surface area contributed by atoms with Crippen molar-refractivity contribution in [3.05, 3.63) is 36.4 Å². The Morgan fingerprint density at radius 1 is 1.09 bits per heavy atom. The highest BCUT2D eigenvalue weighted by molar-refractivity contribution is 5.86. The van der Waals surface area contributed by atoms with Crippen LogP contribution in [0.1, 0.15) is 12.8 Å². The molecule has 0 bridgehead atoms. The van der Waals surface area contributed by atoms with Gasteiger partial charge in [0.1, 0.15) is 5.82 Å². The number of aliphatic carboxylic acids is 1. The van der Waals surface area contributed by atoms with Crippen LogP contribution in [-0.4, -0.2) is 35.1 Å². The summed E-state index contributed by atoms with van der Waals surface area (Å²) in [6.45, 7) is 0.984. The molecule has 1 amide bonds. The van der Waals surface area contributed by atoms with E-state index >= 15 is 0 Å². The van der Waals surface area contributed by atoms with Crippen LogP contribution in [0, 0.1) is 11.8 Å². The fourth-order valence-electron chi connectivity index (χ4n) is 2.78. The maximum Gasteiger partial charge on any atom is 0.307 e. The number of hydrogen-bond acceptors (Lipinski definition) is 4. The van der Waals surface area contributed by atoms with E-state index in [9.17, 15) is 9.59 Å². The molecular weight excluding hydrogens is 294 g/mol. The van der Waals surface area contributed by atoms with Crippen LogP contribution in [-0.2, 0) is 9.59 Å². The number of amides is 1. The van der Waals surface area contributed by atoms with Gasteiger partial charge in [-0.1, -0.05) is 18.2 Å². The SMILES string of the molecule is O=C(NCCNc1ccc2ccccc2n1)[C@H]1CC[C@H]1C(=O)O. The number of carbonyl (C=O) groups excluding carboxylic acids is 1. The first-order chi connectivity index (χ1) is 11.1. The number of carboxylic acid groups (broad SMARTS) is 1. The first-order valence-corrected chi connectivity index (χ1v) is 7.75. The summed E-state index contributed by atoms with van der Waals surface area (Å²) < 4.78 is 0. The van der Waals surface area contributed by atoms with Gasteiger partial charge in [-0.25, -0.2) is 4.98 Å². The van der Waals surface area contributed by atoms with Gasteiger partial charge >= 0.3 is 5.97 Å². The second-order valence-corrected chi connectivity index (χ2v) is 5.74. The molecule has 1 heterocycles. The number of nitrogens with one attached hydrogen (secondary N) is 2. The molecule has 23 heavy (non-hydrogen) atoms. The van der Waals surface area contributed by atoms with E-state index in [1.807, 2.05) is 36.4 Å². The van der Waals surface area contributed by atoms with Crippen molar-refractivity contribution in [3.8, 4) is 0 Å². The summed E-state index contributed by atoms with van der Waals surface area (Å²) >= 11 is 0. The molecule has 2 atom stereocenters. The van der Waals surface area contributed by atoms with Crippen molar-refractivity contribution < 1.29 is 14.7 Å². The minimum atomic E-state index is -0.880.